The van der Waals surface area contributed by atoms with Crippen molar-refractivity contribution in [2.24, 2.45) is 0 Å². The van der Waals surface area contributed by atoms with Crippen molar-refractivity contribution >= 4 is 41.1 Å². The van der Waals surface area contributed by atoms with Gasteiger partial charge in [0.15, 0.2) is 0 Å². The number of piperidine rings is 2. The number of nitrogens with zero attached hydrogens (tertiary/aromatic N) is 1. The number of benzene rings is 4. The van der Waals surface area contributed by atoms with E-state index < -0.39 is 29.8 Å². The fraction of sp³-hybridized carbons (Fsp3) is 0.415. The molecule has 356 valence electrons. The fourth-order valence-corrected chi connectivity index (χ4v) is 8.11. The molecule has 0 aromatic heterocycles. The van der Waals surface area contributed by atoms with Crippen LogP contribution < -0.4 is 26.6 Å². The molecule has 0 aliphatic carbocycles. The molecule has 4 aromatic rings. The number of carbonyl (C=O) groups excluding carboxylic acids is 5. The fourth-order valence-electron chi connectivity index (χ4n) is 8.11. The molecule has 0 saturated carbocycles. The van der Waals surface area contributed by atoms with Gasteiger partial charge in [-0.05, 0) is 126 Å². The summed E-state index contributed by atoms with van der Waals surface area (Å²) >= 11 is 0. The summed E-state index contributed by atoms with van der Waals surface area (Å²) in [6, 6.07) is 32.7. The largest absolute Gasteiger partial charge is 0.444 e. The summed E-state index contributed by atoms with van der Waals surface area (Å²) in [5, 5.41) is 29.9. The van der Waals surface area contributed by atoms with E-state index in [-0.39, 0.29) is 35.6 Å². The number of hydrogen-bond donors (Lipinski definition) is 7. The lowest BCUT2D eigenvalue weighted by atomic mass is 9.85. The number of carbonyl (C=O) groups is 5. The SMILES string of the molecule is CC(=N)c1ccc(CNC(=O)[C@H](C)NC(=O)[C@H]2C[C@@H](c3ccccc3)CCN2)cc1.CC(=N)c1ccc(CNC(=O)[C@H](C)NC(=O)[C@H]2C[C@@H](c3ccccc3)CCN2C(=O)OC(C)(C)C)cc1. The standard InChI is InChI=1S/C29H38N4O4.C24H30N4O2/c1-19(30)22-13-11-21(12-14-22)18-31-26(34)20(2)32-27(35)25-17-24(23-9-7-6-8-10-23)15-16-33(25)28(36)37-29(3,4)5;1-16(25)19-10-8-18(9-11-19)15-27-23(29)17(2)28-24(30)22-14-21(12-13-26-22)20-6-4-3-5-7-20/h6-14,20,24-25,30H,15-18H2,1-5H3,(H,31,34)(H,32,35);3-11,17,21-22,25-26H,12-15H2,1-2H3,(H,27,29)(H,28,30)/t20-,24-,25+;17-,21-,22+/m00/s1. The lowest BCUT2D eigenvalue weighted by Crippen LogP contribution is -2.57. The van der Waals surface area contributed by atoms with Gasteiger partial charge in [-0.2, -0.15) is 0 Å². The first-order valence-corrected chi connectivity index (χ1v) is 23.2. The van der Waals surface area contributed by atoms with Crippen molar-refractivity contribution in [2.75, 3.05) is 13.1 Å². The second-order valence-corrected chi connectivity index (χ2v) is 18.5. The topological polar surface area (TPSA) is 206 Å². The van der Waals surface area contributed by atoms with Crippen LogP contribution in [-0.2, 0) is 37.0 Å². The van der Waals surface area contributed by atoms with E-state index in [4.69, 9.17) is 15.6 Å². The lowest BCUT2D eigenvalue weighted by molar-refractivity contribution is -0.132. The van der Waals surface area contributed by atoms with Crippen molar-refractivity contribution in [1.29, 1.82) is 10.8 Å². The van der Waals surface area contributed by atoms with Gasteiger partial charge in [0.2, 0.25) is 23.6 Å². The van der Waals surface area contributed by atoms with Gasteiger partial charge < -0.3 is 42.1 Å². The van der Waals surface area contributed by atoms with Gasteiger partial charge in [-0.1, -0.05) is 109 Å². The Kier molecular flexibility index (Phi) is 18.5. The molecule has 2 aliphatic rings. The molecule has 2 fully saturated rings. The number of amides is 5. The first kappa shape index (κ1) is 51.3. The molecule has 5 amide bonds. The van der Waals surface area contributed by atoms with Crippen LogP contribution in [0.5, 0.6) is 0 Å². The van der Waals surface area contributed by atoms with Gasteiger partial charge in [-0.15, -0.1) is 0 Å². The van der Waals surface area contributed by atoms with Gasteiger partial charge in [0, 0.05) is 31.1 Å². The molecule has 67 heavy (non-hydrogen) atoms. The Balaban J connectivity index is 0.000000256. The molecule has 4 aromatic carbocycles. The molecule has 2 aliphatic heterocycles. The maximum absolute atomic E-state index is 13.4. The van der Waals surface area contributed by atoms with Crippen LogP contribution in [0.25, 0.3) is 0 Å². The number of rotatable bonds is 14. The minimum atomic E-state index is -0.784. The molecule has 2 saturated heterocycles. The zero-order valence-corrected chi connectivity index (χ0v) is 39.9. The molecule has 7 N–H and O–H groups in total. The Morgan fingerprint density at radius 3 is 1.55 bits per heavy atom. The highest BCUT2D eigenvalue weighted by molar-refractivity contribution is 5.97. The second kappa shape index (κ2) is 24.2. The third kappa shape index (κ3) is 15.7. The molecule has 14 heteroatoms. The molecule has 6 atom stereocenters. The first-order valence-electron chi connectivity index (χ1n) is 23.2. The van der Waals surface area contributed by atoms with Gasteiger partial charge in [0.25, 0.3) is 0 Å². The van der Waals surface area contributed by atoms with E-state index in [9.17, 15) is 24.0 Å². The predicted molar refractivity (Wildman–Crippen MR) is 262 cm³/mol. The summed E-state index contributed by atoms with van der Waals surface area (Å²) < 4.78 is 5.58. The number of ether oxygens (including phenoxy) is 1. The normalized spacial score (nSPS) is 18.9. The smallest absolute Gasteiger partial charge is 0.410 e. The Bertz CT molecular complexity index is 2320. The van der Waals surface area contributed by atoms with Gasteiger partial charge in [0.1, 0.15) is 23.7 Å². The summed E-state index contributed by atoms with van der Waals surface area (Å²) in [7, 11) is 0. The molecule has 6 rings (SSSR count). The van der Waals surface area contributed by atoms with Gasteiger partial charge in [0.05, 0.1) is 6.04 Å². The maximum atomic E-state index is 13.4. The Hall–Kier alpha value is -6.67. The van der Waals surface area contributed by atoms with Gasteiger partial charge in [-0.25, -0.2) is 4.79 Å². The summed E-state index contributed by atoms with van der Waals surface area (Å²) in [5.74, 6) is -0.581. The molecule has 0 bridgehead atoms. The highest BCUT2D eigenvalue weighted by atomic mass is 16.6. The minimum absolute atomic E-state index is 0.118. The summed E-state index contributed by atoms with van der Waals surface area (Å²) in [4.78, 5) is 65.7. The number of likely N-dealkylation sites (tertiary alicyclic amines) is 1. The Labute approximate surface area is 395 Å². The number of hydrogen-bond acceptors (Lipinski definition) is 9. The molecule has 2 heterocycles. The van der Waals surface area contributed by atoms with Crippen molar-refractivity contribution in [3.8, 4) is 0 Å². The van der Waals surface area contributed by atoms with Crippen LogP contribution in [0.2, 0.25) is 0 Å². The molecule has 0 unspecified atom stereocenters. The quantitative estimate of drug-likeness (QED) is 0.0653. The van der Waals surface area contributed by atoms with Crippen molar-refractivity contribution in [3.05, 3.63) is 143 Å². The molecule has 0 spiro atoms. The molecule has 14 nitrogen and oxygen atoms in total. The number of nitrogens with one attached hydrogen (secondary N) is 7. The van der Waals surface area contributed by atoms with Crippen LogP contribution in [0, 0.1) is 10.8 Å². The van der Waals surface area contributed by atoms with Crippen LogP contribution in [-0.4, -0.2) is 88.9 Å². The lowest BCUT2D eigenvalue weighted by Gasteiger charge is -2.39. The van der Waals surface area contributed by atoms with Crippen molar-refractivity contribution in [3.63, 3.8) is 0 Å². The van der Waals surface area contributed by atoms with Crippen LogP contribution in [0.15, 0.2) is 109 Å². The predicted octanol–water partition coefficient (Wildman–Crippen LogP) is 7.11. The highest BCUT2D eigenvalue weighted by Crippen LogP contribution is 2.33. The minimum Gasteiger partial charge on any atom is -0.444 e. The van der Waals surface area contributed by atoms with E-state index in [2.05, 4.69) is 38.7 Å². The van der Waals surface area contributed by atoms with Crippen molar-refractivity contribution in [2.45, 2.75) is 129 Å². The van der Waals surface area contributed by atoms with E-state index in [1.54, 1.807) is 48.5 Å². The summed E-state index contributed by atoms with van der Waals surface area (Å²) in [6.07, 6.45) is 2.37. The monoisotopic (exact) mass is 913 g/mol. The zero-order valence-electron chi connectivity index (χ0n) is 39.9. The van der Waals surface area contributed by atoms with E-state index in [1.807, 2.05) is 97.1 Å². The van der Waals surface area contributed by atoms with E-state index in [0.29, 0.717) is 43.4 Å². The Morgan fingerprint density at radius 2 is 1.10 bits per heavy atom. The third-order valence-corrected chi connectivity index (χ3v) is 12.0. The molecule has 0 radical (unpaired) electrons. The van der Waals surface area contributed by atoms with Gasteiger partial charge >= 0.3 is 6.09 Å². The summed E-state index contributed by atoms with van der Waals surface area (Å²) in [6.45, 7) is 14.0. The average molecular weight is 913 g/mol. The second-order valence-electron chi connectivity index (χ2n) is 18.5. The van der Waals surface area contributed by atoms with Crippen molar-refractivity contribution in [1.82, 2.24) is 31.5 Å². The summed E-state index contributed by atoms with van der Waals surface area (Å²) in [5.41, 5.74) is 6.21. The first-order chi connectivity index (χ1) is 31.9. The third-order valence-electron chi connectivity index (χ3n) is 12.0. The highest BCUT2D eigenvalue weighted by Gasteiger charge is 2.39. The van der Waals surface area contributed by atoms with Gasteiger partial charge in [-0.3, -0.25) is 24.1 Å². The van der Waals surface area contributed by atoms with E-state index in [1.165, 1.54) is 10.5 Å². The zero-order chi connectivity index (χ0) is 48.7. The van der Waals surface area contributed by atoms with E-state index in [0.717, 1.165) is 53.6 Å². The van der Waals surface area contributed by atoms with Crippen LogP contribution in [0.3, 0.4) is 0 Å². The van der Waals surface area contributed by atoms with Crippen LogP contribution in [0.1, 0.15) is 119 Å². The molecular formula is C53H68N8O6. The Morgan fingerprint density at radius 1 is 0.657 bits per heavy atom. The molecular weight excluding hydrogens is 845 g/mol. The van der Waals surface area contributed by atoms with Crippen LogP contribution >= 0.6 is 0 Å². The van der Waals surface area contributed by atoms with Crippen LogP contribution in [0.4, 0.5) is 4.79 Å². The maximum Gasteiger partial charge on any atom is 0.410 e. The average Bonchev–Trinajstić information content (AvgIpc) is 3.32. The van der Waals surface area contributed by atoms with Crippen molar-refractivity contribution < 1.29 is 28.7 Å². The van der Waals surface area contributed by atoms with E-state index >= 15 is 0 Å².